The molecule has 0 saturated heterocycles. The molecule has 2 atom stereocenters. The average Bonchev–Trinajstić information content (AvgIpc) is 3.03. The Hall–Kier alpha value is -3.30. The van der Waals surface area contributed by atoms with Crippen molar-refractivity contribution in [3.05, 3.63) is 23.8 Å². The van der Waals surface area contributed by atoms with Crippen LogP contribution in [0.4, 0.5) is 15.3 Å². The molecule has 3 amide bonds. The fourth-order valence-corrected chi connectivity index (χ4v) is 4.04. The second kappa shape index (κ2) is 11.2. The van der Waals surface area contributed by atoms with E-state index in [0.29, 0.717) is 22.6 Å². The molecule has 10 nitrogen and oxygen atoms in total. The van der Waals surface area contributed by atoms with Crippen LogP contribution in [0.1, 0.15) is 87.6 Å². The Balaban J connectivity index is 2.42. The minimum Gasteiger partial charge on any atom is -0.458 e. The lowest BCUT2D eigenvalue weighted by molar-refractivity contribution is -0.161. The molecule has 0 aromatic heterocycles. The van der Waals surface area contributed by atoms with Crippen molar-refractivity contribution in [1.29, 1.82) is 0 Å². The van der Waals surface area contributed by atoms with Crippen LogP contribution in [0.3, 0.4) is 0 Å². The van der Waals surface area contributed by atoms with Gasteiger partial charge in [-0.05, 0) is 94.2 Å². The van der Waals surface area contributed by atoms with E-state index >= 15 is 0 Å². The van der Waals surface area contributed by atoms with E-state index in [0.717, 1.165) is 0 Å². The van der Waals surface area contributed by atoms with Crippen LogP contribution in [0.2, 0.25) is 0 Å². The number of esters is 1. The summed E-state index contributed by atoms with van der Waals surface area (Å²) < 4.78 is 16.4. The molecule has 0 aliphatic carbocycles. The van der Waals surface area contributed by atoms with Gasteiger partial charge in [-0.2, -0.15) is 4.90 Å². The van der Waals surface area contributed by atoms with Crippen molar-refractivity contribution < 1.29 is 38.5 Å². The lowest BCUT2D eigenvalue weighted by Crippen LogP contribution is -2.53. The fraction of sp³-hybridized carbons (Fsp3) is 0.643. The van der Waals surface area contributed by atoms with E-state index in [9.17, 15) is 24.3 Å². The maximum Gasteiger partial charge on any atom is 0.420 e. The number of carbonyl (C=O) groups is 4. The molecule has 1 aromatic carbocycles. The minimum absolute atomic E-state index is 0.141. The molecule has 1 aromatic rings. The van der Waals surface area contributed by atoms with Gasteiger partial charge >= 0.3 is 18.2 Å². The molecule has 1 aliphatic heterocycles. The predicted molar refractivity (Wildman–Crippen MR) is 140 cm³/mol. The first kappa shape index (κ1) is 30.9. The summed E-state index contributed by atoms with van der Waals surface area (Å²) in [5, 5.41) is 12.3. The Kier molecular flexibility index (Phi) is 9.12. The van der Waals surface area contributed by atoms with Crippen LogP contribution in [0.15, 0.2) is 18.2 Å². The minimum atomic E-state index is -1.49. The van der Waals surface area contributed by atoms with Crippen LogP contribution in [0.5, 0.6) is 5.75 Å². The van der Waals surface area contributed by atoms with Gasteiger partial charge in [0, 0.05) is 18.0 Å². The summed E-state index contributed by atoms with van der Waals surface area (Å²) in [6.07, 6.45) is -2.21. The monoisotopic (exact) mass is 533 g/mol. The molecule has 0 bridgehead atoms. The number of hydrogen-bond donors (Lipinski definition) is 0. The van der Waals surface area contributed by atoms with Gasteiger partial charge in [0.25, 0.3) is 0 Å². The fourth-order valence-electron chi connectivity index (χ4n) is 4.04. The number of hydrogen-bond acceptors (Lipinski definition) is 7. The number of fused-ring (bicyclic) bond motifs is 1. The van der Waals surface area contributed by atoms with Crippen LogP contribution in [-0.2, 0) is 35.3 Å². The molecular weight excluding hydrogens is 492 g/mol. The summed E-state index contributed by atoms with van der Waals surface area (Å²) in [5.41, 5.74) is -1.80. The van der Waals surface area contributed by atoms with Crippen LogP contribution in [0.25, 0.3) is 0 Å². The molecule has 0 fully saturated rings. The van der Waals surface area contributed by atoms with E-state index in [1.54, 1.807) is 74.4 Å². The first-order chi connectivity index (χ1) is 17.2. The van der Waals surface area contributed by atoms with Crippen molar-refractivity contribution in [1.82, 2.24) is 4.90 Å². The Morgan fingerprint density at radius 2 is 1.39 bits per heavy atom. The number of rotatable bonds is 5. The highest BCUT2D eigenvalue weighted by Crippen LogP contribution is 2.38. The Morgan fingerprint density at radius 3 is 1.87 bits per heavy atom. The lowest BCUT2D eigenvalue weighted by atomic mass is 10.1. The summed E-state index contributed by atoms with van der Waals surface area (Å²) in [5.74, 6) is -1.38. The maximum absolute atomic E-state index is 13.4. The molecule has 0 saturated carbocycles. The van der Waals surface area contributed by atoms with Gasteiger partial charge in [0.2, 0.25) is 5.91 Å². The number of nitrogens with zero attached hydrogens (tertiary/aromatic N) is 2. The number of imide groups is 1. The molecule has 0 N–H and O–H groups in total. The van der Waals surface area contributed by atoms with Gasteiger partial charge in [-0.15, -0.1) is 0 Å². The smallest absolute Gasteiger partial charge is 0.420 e. The zero-order valence-electron chi connectivity index (χ0n) is 24.2. The number of benzene rings is 1. The molecule has 2 rings (SSSR count). The molecule has 211 valence electrons. The van der Waals surface area contributed by atoms with Gasteiger partial charge < -0.3 is 19.1 Å². The third-order valence-electron chi connectivity index (χ3n) is 5.38. The molecule has 1 aliphatic rings. The van der Waals surface area contributed by atoms with Crippen LogP contribution in [0, 0.1) is 0 Å². The summed E-state index contributed by atoms with van der Waals surface area (Å²) >= 11 is 0. The molecule has 10 heteroatoms. The van der Waals surface area contributed by atoms with Crippen molar-refractivity contribution in [3.63, 3.8) is 0 Å². The molecule has 1 radical (unpaired) electrons. The second-order valence-electron chi connectivity index (χ2n) is 12.5. The highest BCUT2D eigenvalue weighted by Gasteiger charge is 2.43. The van der Waals surface area contributed by atoms with Gasteiger partial charge in [0.05, 0.1) is 5.69 Å². The largest absolute Gasteiger partial charge is 0.458 e. The number of ether oxygens (including phenoxy) is 3. The van der Waals surface area contributed by atoms with E-state index in [1.807, 2.05) is 6.92 Å². The SMILES string of the molecule is CC1Cc2c([O])cccc2N1C(=O)CC[C@@H](C(=O)OC(C)(C)C)N(C(=O)OC(C)(C)C)C(=O)OC(C)(C)C. The van der Waals surface area contributed by atoms with Crippen molar-refractivity contribution in [2.45, 2.75) is 117 Å². The molecule has 0 spiro atoms. The summed E-state index contributed by atoms with van der Waals surface area (Å²) in [6, 6.07) is 3.00. The van der Waals surface area contributed by atoms with E-state index in [1.165, 1.54) is 11.0 Å². The van der Waals surface area contributed by atoms with Gasteiger partial charge in [-0.3, -0.25) is 9.90 Å². The van der Waals surface area contributed by atoms with E-state index < -0.39 is 41.0 Å². The highest BCUT2D eigenvalue weighted by molar-refractivity contribution is 5.98. The standard InChI is InChI=1S/C28H41N2O8/c1-17-16-18-19(12-11-13-21(18)31)29(17)22(32)15-14-20(23(33)36-26(2,3)4)30(24(34)37-27(5,6)7)25(35)38-28(8,9)10/h11-13,17,20H,14-16H2,1-10H3/t17?,20-/m0/s1. The average molecular weight is 534 g/mol. The van der Waals surface area contributed by atoms with Crippen molar-refractivity contribution in [3.8, 4) is 5.75 Å². The van der Waals surface area contributed by atoms with Gasteiger partial charge in [0.15, 0.2) is 5.75 Å². The topological polar surface area (TPSA) is 122 Å². The normalized spacial score (nSPS) is 16.4. The predicted octanol–water partition coefficient (Wildman–Crippen LogP) is 5.77. The molecule has 38 heavy (non-hydrogen) atoms. The van der Waals surface area contributed by atoms with Crippen molar-refractivity contribution in [2.24, 2.45) is 0 Å². The number of anilines is 1. The summed E-state index contributed by atoms with van der Waals surface area (Å²) in [6.45, 7) is 16.5. The number of carbonyl (C=O) groups excluding carboxylic acids is 4. The van der Waals surface area contributed by atoms with Crippen LogP contribution >= 0.6 is 0 Å². The van der Waals surface area contributed by atoms with Crippen molar-refractivity contribution in [2.75, 3.05) is 4.90 Å². The second-order valence-corrected chi connectivity index (χ2v) is 12.5. The van der Waals surface area contributed by atoms with Crippen molar-refractivity contribution >= 4 is 29.8 Å². The zero-order chi connectivity index (χ0) is 29.2. The lowest BCUT2D eigenvalue weighted by Gasteiger charge is -2.34. The molecule has 1 unspecified atom stereocenters. The third kappa shape index (κ3) is 8.36. The van der Waals surface area contributed by atoms with E-state index in [4.69, 9.17) is 14.2 Å². The van der Waals surface area contributed by atoms with Gasteiger partial charge in [-0.25, -0.2) is 14.4 Å². The van der Waals surface area contributed by atoms with Gasteiger partial charge in [0.1, 0.15) is 22.8 Å². The zero-order valence-corrected chi connectivity index (χ0v) is 24.2. The molecule has 1 heterocycles. The maximum atomic E-state index is 13.4. The quantitative estimate of drug-likeness (QED) is 0.348. The highest BCUT2D eigenvalue weighted by atomic mass is 16.6. The summed E-state index contributed by atoms with van der Waals surface area (Å²) in [7, 11) is 0. The molecular formula is C28H41N2O8. The van der Waals surface area contributed by atoms with Gasteiger partial charge in [-0.1, -0.05) is 6.07 Å². The number of amides is 3. The Morgan fingerprint density at radius 1 is 0.895 bits per heavy atom. The van der Waals surface area contributed by atoms with Crippen LogP contribution < -0.4 is 4.90 Å². The van der Waals surface area contributed by atoms with E-state index in [-0.39, 0.29) is 30.5 Å². The van der Waals surface area contributed by atoms with E-state index in [2.05, 4.69) is 0 Å². The third-order valence-corrected chi connectivity index (χ3v) is 5.38. The Labute approximate surface area is 225 Å². The first-order valence-electron chi connectivity index (χ1n) is 12.8. The Bertz CT molecular complexity index is 1030. The first-order valence-corrected chi connectivity index (χ1v) is 12.8. The van der Waals surface area contributed by atoms with Crippen LogP contribution in [-0.4, -0.2) is 57.8 Å². The summed E-state index contributed by atoms with van der Waals surface area (Å²) in [4.78, 5) is 55.3.